The molecule has 13 heavy (non-hydrogen) atoms. The first-order valence-electron chi connectivity index (χ1n) is 4.28. The van der Waals surface area contributed by atoms with Crippen LogP contribution >= 0.6 is 0 Å². The van der Waals surface area contributed by atoms with Crippen LogP contribution in [0.15, 0.2) is 0 Å². The Morgan fingerprint density at radius 1 is 1.54 bits per heavy atom. The van der Waals surface area contributed by atoms with Gasteiger partial charge in [-0.3, -0.25) is 0 Å². The molecule has 0 amide bonds. The van der Waals surface area contributed by atoms with Gasteiger partial charge in [-0.25, -0.2) is 4.68 Å². The third-order valence-corrected chi connectivity index (χ3v) is 2.33. The second-order valence-corrected chi connectivity index (χ2v) is 3.77. The van der Waals surface area contributed by atoms with Crippen molar-refractivity contribution >= 4 is 5.95 Å². The summed E-state index contributed by atoms with van der Waals surface area (Å²) in [4.78, 5) is 1.99. The van der Waals surface area contributed by atoms with Gasteiger partial charge >= 0.3 is 0 Å². The van der Waals surface area contributed by atoms with Crippen molar-refractivity contribution in [2.75, 3.05) is 18.0 Å². The number of β-amino-alcohol motifs (C(OH)–C–C–N with tert-alkyl or cyclic N) is 1. The molecule has 1 aromatic heterocycles. The average molecular weight is 183 g/mol. The number of tetrazole rings is 1. The minimum absolute atomic E-state index is 0.598. The van der Waals surface area contributed by atoms with Crippen LogP contribution < -0.4 is 4.90 Å². The van der Waals surface area contributed by atoms with Crippen molar-refractivity contribution in [2.45, 2.75) is 18.9 Å². The molecule has 6 heteroatoms. The van der Waals surface area contributed by atoms with E-state index in [4.69, 9.17) is 0 Å². The molecule has 6 nitrogen and oxygen atoms in total. The van der Waals surface area contributed by atoms with E-state index in [0.29, 0.717) is 6.54 Å². The molecule has 0 aromatic carbocycles. The van der Waals surface area contributed by atoms with E-state index in [1.165, 1.54) is 0 Å². The fraction of sp³-hybridized carbons (Fsp3) is 0.857. The molecule has 1 aliphatic heterocycles. The van der Waals surface area contributed by atoms with E-state index in [1.807, 2.05) is 11.8 Å². The monoisotopic (exact) mass is 183 g/mol. The first kappa shape index (κ1) is 8.43. The number of nitrogens with zero attached hydrogens (tertiary/aromatic N) is 5. The highest BCUT2D eigenvalue weighted by atomic mass is 16.3. The number of rotatable bonds is 1. The maximum absolute atomic E-state index is 9.74. The van der Waals surface area contributed by atoms with Gasteiger partial charge in [-0.1, -0.05) is 5.10 Å². The van der Waals surface area contributed by atoms with Crippen molar-refractivity contribution < 1.29 is 5.11 Å². The van der Waals surface area contributed by atoms with Gasteiger partial charge in [0.1, 0.15) is 0 Å². The van der Waals surface area contributed by atoms with Gasteiger partial charge in [-0.15, -0.1) is 0 Å². The van der Waals surface area contributed by atoms with Gasteiger partial charge in [-0.2, -0.15) is 0 Å². The lowest BCUT2D eigenvalue weighted by Gasteiger charge is -2.18. The molecule has 0 radical (unpaired) electrons. The molecule has 1 saturated heterocycles. The maximum atomic E-state index is 9.74. The molecule has 2 heterocycles. The van der Waals surface area contributed by atoms with Crippen molar-refractivity contribution in [2.24, 2.45) is 7.05 Å². The van der Waals surface area contributed by atoms with Crippen LogP contribution in [0.25, 0.3) is 0 Å². The second-order valence-electron chi connectivity index (χ2n) is 3.77. The van der Waals surface area contributed by atoms with Gasteiger partial charge in [0.05, 0.1) is 5.60 Å². The van der Waals surface area contributed by atoms with Gasteiger partial charge in [0, 0.05) is 20.1 Å². The van der Waals surface area contributed by atoms with Crippen LogP contribution in [0.5, 0.6) is 0 Å². The van der Waals surface area contributed by atoms with Crippen LogP contribution in [0.3, 0.4) is 0 Å². The third kappa shape index (κ3) is 1.49. The number of hydrogen-bond donors (Lipinski definition) is 1. The fourth-order valence-corrected chi connectivity index (χ4v) is 1.61. The summed E-state index contributed by atoms with van der Waals surface area (Å²) in [6, 6.07) is 0. The van der Waals surface area contributed by atoms with E-state index in [0.717, 1.165) is 18.9 Å². The molecule has 0 aliphatic carbocycles. The van der Waals surface area contributed by atoms with Crippen molar-refractivity contribution in [3.8, 4) is 0 Å². The lowest BCUT2D eigenvalue weighted by atomic mass is 10.1. The number of aryl methyl sites for hydroxylation is 1. The van der Waals surface area contributed by atoms with Crippen LogP contribution in [-0.4, -0.2) is 44.0 Å². The second kappa shape index (κ2) is 2.66. The molecule has 2 rings (SSSR count). The predicted molar refractivity (Wildman–Crippen MR) is 46.3 cm³/mol. The molecule has 1 aliphatic rings. The molecule has 1 N–H and O–H groups in total. The summed E-state index contributed by atoms with van der Waals surface area (Å²) >= 11 is 0. The molecular formula is C7H13N5O. The molecule has 1 unspecified atom stereocenters. The third-order valence-electron chi connectivity index (χ3n) is 2.33. The van der Waals surface area contributed by atoms with Gasteiger partial charge in [0.2, 0.25) is 5.95 Å². The summed E-state index contributed by atoms with van der Waals surface area (Å²) in [6.07, 6.45) is 0.764. The van der Waals surface area contributed by atoms with Crippen molar-refractivity contribution in [1.82, 2.24) is 20.2 Å². The highest BCUT2D eigenvalue weighted by molar-refractivity contribution is 5.31. The first-order valence-corrected chi connectivity index (χ1v) is 4.28. The van der Waals surface area contributed by atoms with E-state index in [9.17, 15) is 5.11 Å². The summed E-state index contributed by atoms with van der Waals surface area (Å²) in [5, 5.41) is 20.9. The Morgan fingerprint density at radius 2 is 2.31 bits per heavy atom. The summed E-state index contributed by atoms with van der Waals surface area (Å²) < 4.78 is 1.61. The minimum atomic E-state index is -0.605. The highest BCUT2D eigenvalue weighted by Gasteiger charge is 2.33. The summed E-state index contributed by atoms with van der Waals surface area (Å²) in [5.74, 6) is 0.720. The summed E-state index contributed by atoms with van der Waals surface area (Å²) in [5.41, 5.74) is -0.605. The van der Waals surface area contributed by atoms with E-state index < -0.39 is 5.60 Å². The Bertz CT molecular complexity index is 308. The van der Waals surface area contributed by atoms with E-state index in [1.54, 1.807) is 11.7 Å². The van der Waals surface area contributed by atoms with E-state index >= 15 is 0 Å². The molecule has 1 aromatic rings. The van der Waals surface area contributed by atoms with Crippen molar-refractivity contribution in [3.63, 3.8) is 0 Å². The summed E-state index contributed by atoms with van der Waals surface area (Å²) in [6.45, 7) is 3.24. The van der Waals surface area contributed by atoms with Crippen LogP contribution in [0.4, 0.5) is 5.95 Å². The van der Waals surface area contributed by atoms with Crippen LogP contribution in [-0.2, 0) is 7.05 Å². The quantitative estimate of drug-likeness (QED) is 0.615. The SMILES string of the molecule is Cn1nnnc1N1CCC(C)(O)C1. The van der Waals surface area contributed by atoms with Crippen LogP contribution in [0, 0.1) is 0 Å². The summed E-state index contributed by atoms with van der Waals surface area (Å²) in [7, 11) is 1.79. The average Bonchev–Trinajstić information content (AvgIpc) is 2.56. The standard InChI is InChI=1S/C7H13N5O/c1-7(13)3-4-12(5-7)6-8-9-10-11(6)2/h13H,3-5H2,1-2H3. The van der Waals surface area contributed by atoms with Crippen molar-refractivity contribution in [3.05, 3.63) is 0 Å². The van der Waals surface area contributed by atoms with Gasteiger partial charge in [-0.05, 0) is 23.8 Å². The Hall–Kier alpha value is -1.17. The number of aromatic nitrogens is 4. The largest absolute Gasteiger partial charge is 0.388 e. The van der Waals surface area contributed by atoms with Gasteiger partial charge in [0.25, 0.3) is 0 Å². The molecule has 0 saturated carbocycles. The smallest absolute Gasteiger partial charge is 0.245 e. The van der Waals surface area contributed by atoms with E-state index in [-0.39, 0.29) is 0 Å². The zero-order valence-corrected chi connectivity index (χ0v) is 7.80. The normalized spacial score (nSPS) is 28.4. The van der Waals surface area contributed by atoms with Crippen LogP contribution in [0.1, 0.15) is 13.3 Å². The fourth-order valence-electron chi connectivity index (χ4n) is 1.61. The molecular weight excluding hydrogens is 170 g/mol. The first-order chi connectivity index (χ1) is 6.08. The molecule has 0 bridgehead atoms. The predicted octanol–water partition coefficient (Wildman–Crippen LogP) is -0.829. The Morgan fingerprint density at radius 3 is 2.77 bits per heavy atom. The maximum Gasteiger partial charge on any atom is 0.245 e. The highest BCUT2D eigenvalue weighted by Crippen LogP contribution is 2.23. The minimum Gasteiger partial charge on any atom is -0.388 e. The number of hydrogen-bond acceptors (Lipinski definition) is 5. The number of aliphatic hydroxyl groups is 1. The topological polar surface area (TPSA) is 67.1 Å². The van der Waals surface area contributed by atoms with Gasteiger partial charge < -0.3 is 10.0 Å². The lowest BCUT2D eigenvalue weighted by Crippen LogP contribution is -2.30. The van der Waals surface area contributed by atoms with Gasteiger partial charge in [0.15, 0.2) is 0 Å². The zero-order valence-electron chi connectivity index (χ0n) is 7.80. The Labute approximate surface area is 76.2 Å². The molecule has 1 atom stereocenters. The van der Waals surface area contributed by atoms with Crippen LogP contribution in [0.2, 0.25) is 0 Å². The molecule has 1 fully saturated rings. The van der Waals surface area contributed by atoms with Crippen molar-refractivity contribution in [1.29, 1.82) is 0 Å². The zero-order chi connectivity index (χ0) is 9.47. The lowest BCUT2D eigenvalue weighted by molar-refractivity contribution is 0.0838. The molecule has 72 valence electrons. The Kier molecular flexibility index (Phi) is 1.73. The number of anilines is 1. The van der Waals surface area contributed by atoms with E-state index in [2.05, 4.69) is 15.5 Å². The Balaban J connectivity index is 2.17. The molecule has 0 spiro atoms.